The molecule has 6 heteroatoms. The molecule has 2 N–H and O–H groups in total. The van der Waals surface area contributed by atoms with Crippen molar-refractivity contribution in [2.24, 2.45) is 0 Å². The Morgan fingerprint density at radius 2 is 1.90 bits per heavy atom. The predicted octanol–water partition coefficient (Wildman–Crippen LogP) is 0.861. The van der Waals surface area contributed by atoms with Gasteiger partial charge in [-0.2, -0.15) is 0 Å². The Bertz CT molecular complexity index is 713. The van der Waals surface area contributed by atoms with E-state index >= 15 is 0 Å². The van der Waals surface area contributed by atoms with Crippen LogP contribution in [0, 0.1) is 0 Å². The summed E-state index contributed by atoms with van der Waals surface area (Å²) in [5, 5.41) is 10.0. The van der Waals surface area contributed by atoms with Crippen LogP contribution in [0.4, 0.5) is 0 Å². The van der Waals surface area contributed by atoms with Crippen LogP contribution in [0.25, 0.3) is 0 Å². The molecule has 1 aromatic carbocycles. The number of ether oxygens (including phenoxy) is 1. The maximum absolute atomic E-state index is 11.8. The number of rotatable bonds is 4. The largest absolute Gasteiger partial charge is 0.497 e. The Balaban J connectivity index is 2.42. The smallest absolute Gasteiger partial charge is 0.331 e. The monoisotopic (exact) mass is 276 g/mol. The highest BCUT2D eigenvalue weighted by atomic mass is 16.5. The van der Waals surface area contributed by atoms with Gasteiger partial charge in [-0.05, 0) is 24.1 Å². The number of aromatic nitrogens is 2. The van der Waals surface area contributed by atoms with Crippen molar-refractivity contribution < 1.29 is 9.84 Å². The molecular formula is C14H16N2O4. The second-order valence-corrected chi connectivity index (χ2v) is 4.35. The molecule has 0 aliphatic heterocycles. The van der Waals surface area contributed by atoms with E-state index in [1.54, 1.807) is 38.3 Å². The van der Waals surface area contributed by atoms with Gasteiger partial charge in [0.25, 0.3) is 5.56 Å². The summed E-state index contributed by atoms with van der Waals surface area (Å²) in [6.45, 7) is 1.92. The molecule has 2 aromatic rings. The van der Waals surface area contributed by atoms with Crippen molar-refractivity contribution in [2.45, 2.75) is 19.9 Å². The summed E-state index contributed by atoms with van der Waals surface area (Å²) in [6.07, 6.45) is 0.351. The third-order valence-electron chi connectivity index (χ3n) is 3.12. The van der Waals surface area contributed by atoms with Crippen molar-refractivity contribution in [2.75, 3.05) is 7.11 Å². The van der Waals surface area contributed by atoms with E-state index in [1.807, 2.05) is 0 Å². The molecule has 2 rings (SSSR count). The first-order valence-electron chi connectivity index (χ1n) is 6.24. The highest BCUT2D eigenvalue weighted by molar-refractivity contribution is 5.29. The Labute approximate surface area is 115 Å². The molecule has 0 bridgehead atoms. The molecule has 20 heavy (non-hydrogen) atoms. The summed E-state index contributed by atoms with van der Waals surface area (Å²) >= 11 is 0. The van der Waals surface area contributed by atoms with Gasteiger partial charge in [0.05, 0.1) is 19.2 Å². The third-order valence-corrected chi connectivity index (χ3v) is 3.12. The molecule has 0 aliphatic carbocycles. The van der Waals surface area contributed by atoms with E-state index in [0.29, 0.717) is 12.2 Å². The number of benzene rings is 1. The summed E-state index contributed by atoms with van der Waals surface area (Å²) in [5.41, 5.74) is -0.142. The third kappa shape index (κ3) is 2.59. The van der Waals surface area contributed by atoms with Crippen LogP contribution in [-0.2, 0) is 13.0 Å². The van der Waals surface area contributed by atoms with Gasteiger partial charge in [0.2, 0.25) is 5.88 Å². The van der Waals surface area contributed by atoms with Crippen molar-refractivity contribution in [1.29, 1.82) is 0 Å². The molecule has 1 aromatic heterocycles. The SMILES string of the molecule is CCc1c(O)n(Cc2ccc(OC)cc2)c(=O)[nH]c1=O. The molecule has 106 valence electrons. The van der Waals surface area contributed by atoms with Gasteiger partial charge in [0.15, 0.2) is 0 Å². The number of hydrogen-bond donors (Lipinski definition) is 2. The van der Waals surface area contributed by atoms with Gasteiger partial charge in [-0.1, -0.05) is 19.1 Å². The van der Waals surface area contributed by atoms with Gasteiger partial charge in [-0.3, -0.25) is 14.3 Å². The molecule has 0 spiro atoms. The Morgan fingerprint density at radius 3 is 2.45 bits per heavy atom. The van der Waals surface area contributed by atoms with E-state index < -0.39 is 11.2 Å². The van der Waals surface area contributed by atoms with Gasteiger partial charge in [-0.25, -0.2) is 4.79 Å². The number of nitrogens with zero attached hydrogens (tertiary/aromatic N) is 1. The van der Waals surface area contributed by atoms with E-state index in [9.17, 15) is 14.7 Å². The highest BCUT2D eigenvalue weighted by Gasteiger charge is 2.12. The molecule has 0 saturated heterocycles. The summed E-state index contributed by atoms with van der Waals surface area (Å²) in [5.74, 6) is 0.429. The van der Waals surface area contributed by atoms with Crippen LogP contribution in [0.1, 0.15) is 18.1 Å². The van der Waals surface area contributed by atoms with Gasteiger partial charge in [0, 0.05) is 0 Å². The molecule has 0 unspecified atom stereocenters. The van der Waals surface area contributed by atoms with E-state index in [4.69, 9.17) is 4.74 Å². The topological polar surface area (TPSA) is 84.3 Å². The predicted molar refractivity (Wildman–Crippen MR) is 74.5 cm³/mol. The number of aromatic hydroxyl groups is 1. The average molecular weight is 276 g/mol. The summed E-state index contributed by atoms with van der Waals surface area (Å²) in [6, 6.07) is 7.12. The number of methoxy groups -OCH3 is 1. The van der Waals surface area contributed by atoms with Crippen molar-refractivity contribution in [3.63, 3.8) is 0 Å². The molecular weight excluding hydrogens is 260 g/mol. The summed E-state index contributed by atoms with van der Waals surface area (Å²) in [7, 11) is 1.57. The standard InChI is InChI=1S/C14H16N2O4/c1-3-11-12(17)15-14(19)16(13(11)18)8-9-4-6-10(20-2)7-5-9/h4-7,18H,3,8H2,1-2H3,(H,15,17,19). The number of H-pyrrole nitrogens is 1. The van der Waals surface area contributed by atoms with Gasteiger partial charge >= 0.3 is 5.69 Å². The number of aromatic amines is 1. The molecule has 1 heterocycles. The number of nitrogens with one attached hydrogen (secondary N) is 1. The first kappa shape index (κ1) is 13.9. The molecule has 0 atom stereocenters. The normalized spacial score (nSPS) is 10.5. The van der Waals surface area contributed by atoms with Crippen molar-refractivity contribution in [1.82, 2.24) is 9.55 Å². The lowest BCUT2D eigenvalue weighted by Gasteiger charge is -2.11. The minimum absolute atomic E-state index is 0.179. The number of hydrogen-bond acceptors (Lipinski definition) is 4. The van der Waals surface area contributed by atoms with Crippen LogP contribution in [0.3, 0.4) is 0 Å². The summed E-state index contributed by atoms with van der Waals surface area (Å²) < 4.78 is 6.19. The van der Waals surface area contributed by atoms with E-state index in [0.717, 1.165) is 10.1 Å². The lowest BCUT2D eigenvalue weighted by molar-refractivity contribution is 0.401. The zero-order chi connectivity index (χ0) is 14.7. The van der Waals surface area contributed by atoms with E-state index in [1.165, 1.54) is 0 Å². The zero-order valence-electron chi connectivity index (χ0n) is 11.3. The van der Waals surface area contributed by atoms with E-state index in [2.05, 4.69) is 4.98 Å². The van der Waals surface area contributed by atoms with Crippen molar-refractivity contribution in [3.05, 3.63) is 56.2 Å². The maximum Gasteiger partial charge on any atom is 0.331 e. The average Bonchev–Trinajstić information content (AvgIpc) is 2.44. The zero-order valence-corrected chi connectivity index (χ0v) is 11.3. The second kappa shape index (κ2) is 5.64. The van der Waals surface area contributed by atoms with Crippen LogP contribution in [-0.4, -0.2) is 21.8 Å². The fourth-order valence-corrected chi connectivity index (χ4v) is 1.98. The quantitative estimate of drug-likeness (QED) is 0.867. The first-order chi connectivity index (χ1) is 9.56. The van der Waals surface area contributed by atoms with Crippen LogP contribution in [0.5, 0.6) is 11.6 Å². The first-order valence-corrected chi connectivity index (χ1v) is 6.24. The fraction of sp³-hybridized carbons (Fsp3) is 0.286. The lowest BCUT2D eigenvalue weighted by Crippen LogP contribution is -2.32. The molecule has 6 nitrogen and oxygen atoms in total. The van der Waals surface area contributed by atoms with Gasteiger partial charge in [-0.15, -0.1) is 0 Å². The summed E-state index contributed by atoms with van der Waals surface area (Å²) in [4.78, 5) is 25.5. The molecule has 0 aliphatic rings. The van der Waals surface area contributed by atoms with Crippen LogP contribution >= 0.6 is 0 Å². The molecule has 0 radical (unpaired) electrons. The molecule has 0 saturated carbocycles. The molecule has 0 fully saturated rings. The lowest BCUT2D eigenvalue weighted by atomic mass is 10.2. The Hall–Kier alpha value is -2.50. The maximum atomic E-state index is 11.8. The van der Waals surface area contributed by atoms with Crippen molar-refractivity contribution >= 4 is 0 Å². The minimum Gasteiger partial charge on any atom is -0.497 e. The van der Waals surface area contributed by atoms with Crippen LogP contribution in [0.15, 0.2) is 33.9 Å². The van der Waals surface area contributed by atoms with Gasteiger partial charge < -0.3 is 9.84 Å². The molecule has 0 amide bonds. The highest BCUT2D eigenvalue weighted by Crippen LogP contribution is 2.15. The Morgan fingerprint density at radius 1 is 1.25 bits per heavy atom. The van der Waals surface area contributed by atoms with Crippen LogP contribution in [0.2, 0.25) is 0 Å². The Kier molecular flexibility index (Phi) is 3.93. The van der Waals surface area contributed by atoms with Crippen LogP contribution < -0.4 is 16.0 Å². The van der Waals surface area contributed by atoms with Gasteiger partial charge in [0.1, 0.15) is 5.75 Å². The fourth-order valence-electron chi connectivity index (χ4n) is 1.98. The van der Waals surface area contributed by atoms with Crippen molar-refractivity contribution in [3.8, 4) is 11.6 Å². The van der Waals surface area contributed by atoms with E-state index in [-0.39, 0.29) is 18.0 Å². The minimum atomic E-state index is -0.625. The second-order valence-electron chi connectivity index (χ2n) is 4.35.